The summed E-state index contributed by atoms with van der Waals surface area (Å²) in [5.74, 6) is -4.43. The number of hydrogen-bond acceptors (Lipinski definition) is 4. The summed E-state index contributed by atoms with van der Waals surface area (Å²) in [7, 11) is 0. The molecule has 0 spiro atoms. The second kappa shape index (κ2) is 13.6. The summed E-state index contributed by atoms with van der Waals surface area (Å²) in [6, 6.07) is 19.8. The molecule has 5 rings (SSSR count). The Labute approximate surface area is 262 Å². The van der Waals surface area contributed by atoms with Gasteiger partial charge in [0.05, 0.1) is 35.3 Å². The second-order valence-corrected chi connectivity index (χ2v) is 11.2. The number of carbonyl (C=O) groups is 2. The van der Waals surface area contributed by atoms with Crippen molar-refractivity contribution in [3.05, 3.63) is 107 Å². The number of hydrogen-bond donors (Lipinski definition) is 2. The van der Waals surface area contributed by atoms with Crippen LogP contribution in [0.3, 0.4) is 0 Å². The largest absolute Gasteiger partial charge is 0.490 e. The number of rotatable bonds is 7. The molecule has 0 aromatic heterocycles. The number of halogens is 9. The summed E-state index contributed by atoms with van der Waals surface area (Å²) in [6.45, 7) is -0.0837. The van der Waals surface area contributed by atoms with Crippen molar-refractivity contribution in [1.29, 1.82) is 0 Å². The molecule has 0 radical (unpaired) electrons. The Balaban J connectivity index is 0.000000644. The summed E-state index contributed by atoms with van der Waals surface area (Å²) in [6.07, 6.45) is -14.6. The first-order valence-corrected chi connectivity index (χ1v) is 14.1. The van der Waals surface area contributed by atoms with Gasteiger partial charge in [0.1, 0.15) is 0 Å². The van der Waals surface area contributed by atoms with Crippen molar-refractivity contribution in [1.82, 2.24) is 4.90 Å². The van der Waals surface area contributed by atoms with Crippen molar-refractivity contribution in [3.63, 3.8) is 0 Å². The molecule has 2 bridgehead atoms. The van der Waals surface area contributed by atoms with Gasteiger partial charge in [-0.3, -0.25) is 9.69 Å². The molecule has 2 saturated heterocycles. The van der Waals surface area contributed by atoms with Crippen LogP contribution in [0.2, 0.25) is 0 Å². The Kier molecular flexibility index (Phi) is 10.3. The van der Waals surface area contributed by atoms with Gasteiger partial charge in [-0.05, 0) is 54.2 Å². The van der Waals surface area contributed by atoms with Gasteiger partial charge in [0, 0.05) is 12.6 Å². The molecule has 2 aliphatic heterocycles. The average molecular weight is 678 g/mol. The molecule has 47 heavy (non-hydrogen) atoms. The summed E-state index contributed by atoms with van der Waals surface area (Å²) in [5, 5.41) is 17.3. The third-order valence-corrected chi connectivity index (χ3v) is 8.29. The molecule has 2 fully saturated rings. The molecule has 0 aliphatic carbocycles. The Bertz CT molecular complexity index is 1510. The van der Waals surface area contributed by atoms with Gasteiger partial charge in [-0.25, -0.2) is 4.79 Å². The monoisotopic (exact) mass is 677 g/mol. The van der Waals surface area contributed by atoms with Gasteiger partial charge in [0.15, 0.2) is 0 Å². The van der Waals surface area contributed by atoms with Crippen molar-refractivity contribution in [2.75, 3.05) is 0 Å². The minimum Gasteiger partial charge on any atom is -0.481 e. The number of carboxylic acids is 2. The minimum absolute atomic E-state index is 0.0934. The summed E-state index contributed by atoms with van der Waals surface area (Å²) in [5.41, 5.74) is -2.26. The van der Waals surface area contributed by atoms with E-state index in [1.165, 1.54) is 0 Å². The van der Waals surface area contributed by atoms with Crippen LogP contribution in [-0.4, -0.2) is 45.4 Å². The number of carboxylic acid groups (broad SMARTS) is 2. The Morgan fingerprint density at radius 3 is 1.74 bits per heavy atom. The fourth-order valence-corrected chi connectivity index (χ4v) is 6.34. The molecule has 0 saturated carbocycles. The third-order valence-electron chi connectivity index (χ3n) is 8.29. The Morgan fingerprint density at radius 1 is 0.766 bits per heavy atom. The van der Waals surface area contributed by atoms with Gasteiger partial charge in [0.25, 0.3) is 0 Å². The molecular formula is C32H28F9NO5. The molecule has 3 aromatic carbocycles. The van der Waals surface area contributed by atoms with Crippen LogP contribution in [0, 0.1) is 5.92 Å². The lowest BCUT2D eigenvalue weighted by atomic mass is 9.78. The molecule has 0 amide bonds. The molecule has 2 N–H and O–H groups in total. The standard InChI is InChI=1S/C30H27F6NO3.C2HF3O2/c31-29(32,33)22-13-20(14-23(15-22)30(34,35)36)18-40-26-12-11-25-24(27(38)39)16-28(26,21-9-5-2-6-10-21)37(25)17-19-7-3-1-4-8-19;3-2(4,5)1(6)7/h1-10,13-15,24-26H,11-12,16-18H2,(H,38,39);(H,6,7). The van der Waals surface area contributed by atoms with Gasteiger partial charge in [-0.1, -0.05) is 60.7 Å². The van der Waals surface area contributed by atoms with E-state index in [-0.39, 0.29) is 24.1 Å². The quantitative estimate of drug-likeness (QED) is 0.247. The third kappa shape index (κ3) is 8.07. The van der Waals surface area contributed by atoms with Crippen LogP contribution in [0.25, 0.3) is 0 Å². The zero-order chi connectivity index (χ0) is 34.8. The fourth-order valence-electron chi connectivity index (χ4n) is 6.34. The number of fused-ring (bicyclic) bond motifs is 2. The summed E-state index contributed by atoms with van der Waals surface area (Å²) in [4.78, 5) is 23.4. The van der Waals surface area contributed by atoms with Crippen molar-refractivity contribution in [3.8, 4) is 0 Å². The van der Waals surface area contributed by atoms with E-state index in [2.05, 4.69) is 4.90 Å². The molecule has 3 aromatic rings. The number of ether oxygens (including phenoxy) is 1. The van der Waals surface area contributed by atoms with Gasteiger partial charge >= 0.3 is 30.5 Å². The first kappa shape index (κ1) is 35.7. The van der Waals surface area contributed by atoms with E-state index in [4.69, 9.17) is 14.6 Å². The zero-order valence-corrected chi connectivity index (χ0v) is 24.2. The van der Waals surface area contributed by atoms with Crippen LogP contribution in [0.4, 0.5) is 39.5 Å². The predicted molar refractivity (Wildman–Crippen MR) is 148 cm³/mol. The summed E-state index contributed by atoms with van der Waals surface area (Å²) >= 11 is 0. The van der Waals surface area contributed by atoms with E-state index in [1.54, 1.807) is 0 Å². The number of alkyl halides is 9. The van der Waals surface area contributed by atoms with Crippen molar-refractivity contribution < 1.29 is 64.1 Å². The molecular weight excluding hydrogens is 649 g/mol. The normalized spacial score (nSPS) is 23.1. The highest BCUT2D eigenvalue weighted by Gasteiger charge is 2.61. The SMILES string of the molecule is O=C(O)C(F)(F)F.O=C(O)C1CC2(c3ccccc3)C(OCc3cc(C(F)(F)F)cc(C(F)(F)F)c3)CCC1N2Cc1ccccc1. The van der Waals surface area contributed by atoms with Crippen molar-refractivity contribution in [2.45, 2.75) is 68.6 Å². The van der Waals surface area contributed by atoms with E-state index >= 15 is 0 Å². The zero-order valence-electron chi connectivity index (χ0n) is 24.2. The van der Waals surface area contributed by atoms with Crippen LogP contribution in [0.5, 0.6) is 0 Å². The molecule has 6 nitrogen and oxygen atoms in total. The molecule has 2 aliphatic rings. The van der Waals surface area contributed by atoms with Gasteiger partial charge in [-0.2, -0.15) is 39.5 Å². The van der Waals surface area contributed by atoms with Gasteiger partial charge in [-0.15, -0.1) is 0 Å². The van der Waals surface area contributed by atoms with Crippen molar-refractivity contribution in [2.24, 2.45) is 5.92 Å². The van der Waals surface area contributed by atoms with E-state index < -0.39 is 65.8 Å². The van der Waals surface area contributed by atoms with E-state index in [1.807, 2.05) is 60.7 Å². The predicted octanol–water partition coefficient (Wildman–Crippen LogP) is 7.91. The van der Waals surface area contributed by atoms with Crippen LogP contribution in [0.15, 0.2) is 78.9 Å². The maximum Gasteiger partial charge on any atom is 0.490 e. The van der Waals surface area contributed by atoms with Gasteiger partial charge < -0.3 is 14.9 Å². The first-order valence-electron chi connectivity index (χ1n) is 14.1. The highest BCUT2D eigenvalue weighted by molar-refractivity contribution is 5.73. The second-order valence-electron chi connectivity index (χ2n) is 11.2. The molecule has 254 valence electrons. The number of benzene rings is 3. The molecule has 4 unspecified atom stereocenters. The average Bonchev–Trinajstić information content (AvgIpc) is 3.20. The van der Waals surface area contributed by atoms with Crippen LogP contribution in [-0.2, 0) is 45.4 Å². The van der Waals surface area contributed by atoms with Crippen LogP contribution >= 0.6 is 0 Å². The number of aliphatic carboxylic acids is 2. The Hall–Kier alpha value is -4.11. The highest BCUT2D eigenvalue weighted by Crippen LogP contribution is 2.55. The number of piperidine rings is 1. The molecule has 4 atom stereocenters. The molecule has 15 heteroatoms. The van der Waals surface area contributed by atoms with Crippen molar-refractivity contribution >= 4 is 11.9 Å². The number of nitrogens with zero attached hydrogens (tertiary/aromatic N) is 1. The fraction of sp³-hybridized carbons (Fsp3) is 0.375. The topological polar surface area (TPSA) is 87.1 Å². The maximum atomic E-state index is 13.4. The van der Waals surface area contributed by atoms with E-state index in [9.17, 15) is 49.4 Å². The van der Waals surface area contributed by atoms with E-state index in [0.717, 1.165) is 11.1 Å². The smallest absolute Gasteiger partial charge is 0.481 e. The van der Waals surface area contributed by atoms with Crippen LogP contribution < -0.4 is 0 Å². The van der Waals surface area contributed by atoms with Gasteiger partial charge in [0.2, 0.25) is 0 Å². The van der Waals surface area contributed by atoms with E-state index in [0.29, 0.717) is 31.5 Å². The summed E-state index contributed by atoms with van der Waals surface area (Å²) < 4.78 is 119. The van der Waals surface area contributed by atoms with Crippen LogP contribution in [0.1, 0.15) is 47.1 Å². The minimum atomic E-state index is -5.08. The Morgan fingerprint density at radius 2 is 1.28 bits per heavy atom. The lowest BCUT2D eigenvalue weighted by molar-refractivity contribution is -0.192. The first-order chi connectivity index (χ1) is 21.8. The highest BCUT2D eigenvalue weighted by atomic mass is 19.4. The lowest BCUT2D eigenvalue weighted by Crippen LogP contribution is -2.56. The lowest BCUT2D eigenvalue weighted by Gasteiger charge is -2.50. The maximum absolute atomic E-state index is 13.4. The molecule has 2 heterocycles.